The van der Waals surface area contributed by atoms with Crippen LogP contribution in [0.15, 0.2) is 54.6 Å². The van der Waals surface area contributed by atoms with Crippen LogP contribution in [-0.2, 0) is 12.8 Å². The Labute approximate surface area is 209 Å². The molecule has 0 bridgehead atoms. The van der Waals surface area contributed by atoms with E-state index in [0.717, 1.165) is 47.0 Å². The molecule has 1 aliphatic carbocycles. The maximum atomic E-state index is 13.6. The van der Waals surface area contributed by atoms with E-state index >= 15 is 0 Å². The number of thiophene rings is 1. The summed E-state index contributed by atoms with van der Waals surface area (Å²) in [7, 11) is 0. The number of anilines is 1. The number of nitriles is 1. The highest BCUT2D eigenvalue weighted by Gasteiger charge is 2.25. The first kappa shape index (κ1) is 23.1. The molecule has 2 aromatic heterocycles. The number of para-hydroxylation sites is 1. The fourth-order valence-corrected chi connectivity index (χ4v) is 5.97. The SMILES string of the molecule is CC(C)Oc1ccc(-c2cc(C(=O)Nc3sc4c(c3C#N)CC[C@@H](C)C4)c3ccccc3n2)cc1. The summed E-state index contributed by atoms with van der Waals surface area (Å²) < 4.78 is 5.76. The minimum atomic E-state index is -0.229. The van der Waals surface area contributed by atoms with Crippen molar-refractivity contribution in [3.8, 4) is 23.1 Å². The van der Waals surface area contributed by atoms with Gasteiger partial charge < -0.3 is 10.1 Å². The topological polar surface area (TPSA) is 75.0 Å². The van der Waals surface area contributed by atoms with Gasteiger partial charge in [-0.3, -0.25) is 4.79 Å². The van der Waals surface area contributed by atoms with Gasteiger partial charge in [-0.25, -0.2) is 4.98 Å². The van der Waals surface area contributed by atoms with Crippen molar-refractivity contribution < 1.29 is 9.53 Å². The normalized spacial score (nSPS) is 15.0. The van der Waals surface area contributed by atoms with Gasteiger partial charge in [0, 0.05) is 15.8 Å². The summed E-state index contributed by atoms with van der Waals surface area (Å²) in [6, 6.07) is 19.6. The lowest BCUT2D eigenvalue weighted by atomic mass is 9.88. The molecule has 1 amide bonds. The number of hydrogen-bond donors (Lipinski definition) is 1. The van der Waals surface area contributed by atoms with E-state index in [9.17, 15) is 10.1 Å². The molecule has 6 heteroatoms. The van der Waals surface area contributed by atoms with Crippen molar-refractivity contribution >= 4 is 33.1 Å². The quantitative estimate of drug-likeness (QED) is 0.333. The zero-order valence-electron chi connectivity index (χ0n) is 20.1. The van der Waals surface area contributed by atoms with Gasteiger partial charge in [0.2, 0.25) is 0 Å². The van der Waals surface area contributed by atoms with Crippen LogP contribution in [0.5, 0.6) is 5.75 Å². The van der Waals surface area contributed by atoms with E-state index in [1.165, 1.54) is 4.88 Å². The van der Waals surface area contributed by atoms with E-state index in [0.29, 0.717) is 27.7 Å². The average molecular weight is 482 g/mol. The van der Waals surface area contributed by atoms with Crippen LogP contribution >= 0.6 is 11.3 Å². The van der Waals surface area contributed by atoms with Crippen molar-refractivity contribution in [1.29, 1.82) is 5.26 Å². The summed E-state index contributed by atoms with van der Waals surface area (Å²) in [6.45, 7) is 6.22. The lowest BCUT2D eigenvalue weighted by Gasteiger charge is -2.17. The number of fused-ring (bicyclic) bond motifs is 2. The van der Waals surface area contributed by atoms with Gasteiger partial charge in [-0.15, -0.1) is 11.3 Å². The van der Waals surface area contributed by atoms with Gasteiger partial charge in [0.1, 0.15) is 16.8 Å². The highest BCUT2D eigenvalue weighted by molar-refractivity contribution is 7.16. The molecule has 0 fully saturated rings. The van der Waals surface area contributed by atoms with Crippen LogP contribution in [-0.4, -0.2) is 17.0 Å². The Kier molecular flexibility index (Phi) is 6.27. The largest absolute Gasteiger partial charge is 0.491 e. The zero-order chi connectivity index (χ0) is 24.5. The number of benzene rings is 2. The summed E-state index contributed by atoms with van der Waals surface area (Å²) in [6.07, 6.45) is 3.03. The Morgan fingerprint density at radius 2 is 1.97 bits per heavy atom. The molecule has 0 aliphatic heterocycles. The predicted molar refractivity (Wildman–Crippen MR) is 141 cm³/mol. The molecule has 0 saturated heterocycles. The van der Waals surface area contributed by atoms with Crippen molar-refractivity contribution in [2.45, 2.75) is 46.1 Å². The monoisotopic (exact) mass is 481 g/mol. The van der Waals surface area contributed by atoms with Crippen molar-refractivity contribution in [2.75, 3.05) is 5.32 Å². The number of amides is 1. The van der Waals surface area contributed by atoms with Crippen LogP contribution in [0.3, 0.4) is 0 Å². The van der Waals surface area contributed by atoms with E-state index in [4.69, 9.17) is 9.72 Å². The average Bonchev–Trinajstić information content (AvgIpc) is 3.19. The van der Waals surface area contributed by atoms with E-state index in [2.05, 4.69) is 18.3 Å². The van der Waals surface area contributed by atoms with E-state index in [1.54, 1.807) is 11.3 Å². The molecule has 5 nitrogen and oxygen atoms in total. The minimum absolute atomic E-state index is 0.0966. The molecule has 0 radical (unpaired) electrons. The van der Waals surface area contributed by atoms with Gasteiger partial charge in [0.15, 0.2) is 0 Å². The van der Waals surface area contributed by atoms with Crippen molar-refractivity contribution in [2.24, 2.45) is 5.92 Å². The van der Waals surface area contributed by atoms with Gasteiger partial charge in [-0.05, 0) is 81.0 Å². The second-order valence-corrected chi connectivity index (χ2v) is 10.5. The molecular weight excluding hydrogens is 454 g/mol. The molecule has 2 heterocycles. The third-order valence-electron chi connectivity index (χ3n) is 6.33. The summed E-state index contributed by atoms with van der Waals surface area (Å²) >= 11 is 1.54. The van der Waals surface area contributed by atoms with Crippen molar-refractivity contribution in [3.63, 3.8) is 0 Å². The van der Waals surface area contributed by atoms with Crippen LogP contribution in [0.2, 0.25) is 0 Å². The molecule has 5 rings (SSSR count). The van der Waals surface area contributed by atoms with Gasteiger partial charge >= 0.3 is 0 Å². The van der Waals surface area contributed by atoms with Gasteiger partial charge in [0.25, 0.3) is 5.91 Å². The van der Waals surface area contributed by atoms with Crippen LogP contribution in [0, 0.1) is 17.2 Å². The standard InChI is InChI=1S/C29H27N3O2S/c1-17(2)34-20-11-9-19(10-12-20)26-15-23(21-6-4-5-7-25(21)31-26)28(33)32-29-24(16-30)22-13-8-18(3)14-27(22)35-29/h4-7,9-12,15,17-18H,8,13-14H2,1-3H3,(H,32,33)/t18-/m1/s1. The summed E-state index contributed by atoms with van der Waals surface area (Å²) in [4.78, 5) is 19.6. The number of pyridine rings is 1. The van der Waals surface area contributed by atoms with Crippen LogP contribution in [0.4, 0.5) is 5.00 Å². The molecule has 1 atom stereocenters. The fraction of sp³-hybridized carbons (Fsp3) is 0.276. The van der Waals surface area contributed by atoms with Crippen molar-refractivity contribution in [3.05, 3.63) is 76.2 Å². The third kappa shape index (κ3) is 4.65. The number of carbonyl (C=O) groups excluding carboxylic acids is 1. The lowest BCUT2D eigenvalue weighted by Crippen LogP contribution is -2.13. The number of carbonyl (C=O) groups is 1. The molecule has 1 aliphatic rings. The smallest absolute Gasteiger partial charge is 0.257 e. The molecule has 35 heavy (non-hydrogen) atoms. The highest BCUT2D eigenvalue weighted by Crippen LogP contribution is 2.39. The number of nitrogens with one attached hydrogen (secondary N) is 1. The van der Waals surface area contributed by atoms with Crippen LogP contribution in [0.1, 0.15) is 53.6 Å². The molecule has 0 saturated carbocycles. The van der Waals surface area contributed by atoms with Gasteiger partial charge in [0.05, 0.1) is 28.4 Å². The molecule has 0 spiro atoms. The molecule has 4 aromatic rings. The Balaban J connectivity index is 1.52. The number of hydrogen-bond acceptors (Lipinski definition) is 5. The number of rotatable bonds is 5. The molecule has 2 aromatic carbocycles. The summed E-state index contributed by atoms with van der Waals surface area (Å²) in [5.74, 6) is 1.16. The number of aromatic nitrogens is 1. The molecule has 176 valence electrons. The van der Waals surface area contributed by atoms with Gasteiger partial charge in [-0.1, -0.05) is 25.1 Å². The first-order valence-corrected chi connectivity index (χ1v) is 12.8. The number of nitrogens with zero attached hydrogens (tertiary/aromatic N) is 2. The van der Waals surface area contributed by atoms with Gasteiger partial charge in [-0.2, -0.15) is 5.26 Å². The zero-order valence-corrected chi connectivity index (χ0v) is 20.9. The van der Waals surface area contributed by atoms with Crippen LogP contribution in [0.25, 0.3) is 22.2 Å². The highest BCUT2D eigenvalue weighted by atomic mass is 32.1. The van der Waals surface area contributed by atoms with E-state index in [1.807, 2.05) is 68.4 Å². The maximum Gasteiger partial charge on any atom is 0.257 e. The first-order valence-electron chi connectivity index (χ1n) is 12.0. The first-order chi connectivity index (χ1) is 16.9. The second-order valence-electron chi connectivity index (χ2n) is 9.39. The fourth-order valence-electron chi connectivity index (χ4n) is 4.62. The Bertz CT molecular complexity index is 1450. The third-order valence-corrected chi connectivity index (χ3v) is 7.50. The molecule has 1 N–H and O–H groups in total. The lowest BCUT2D eigenvalue weighted by molar-refractivity contribution is 0.102. The van der Waals surface area contributed by atoms with Crippen molar-refractivity contribution in [1.82, 2.24) is 4.98 Å². The van der Waals surface area contributed by atoms with E-state index in [-0.39, 0.29) is 12.0 Å². The predicted octanol–water partition coefficient (Wildman–Crippen LogP) is 7.00. The molecular formula is C29H27N3O2S. The second kappa shape index (κ2) is 9.52. The minimum Gasteiger partial charge on any atom is -0.491 e. The molecule has 0 unspecified atom stereocenters. The summed E-state index contributed by atoms with van der Waals surface area (Å²) in [5.41, 5.74) is 4.62. The Morgan fingerprint density at radius 1 is 1.20 bits per heavy atom. The Hall–Kier alpha value is -3.69. The summed E-state index contributed by atoms with van der Waals surface area (Å²) in [5, 5.41) is 14.3. The Morgan fingerprint density at radius 3 is 2.71 bits per heavy atom. The number of ether oxygens (including phenoxy) is 1. The maximum absolute atomic E-state index is 13.6. The van der Waals surface area contributed by atoms with Crippen LogP contribution < -0.4 is 10.1 Å². The van der Waals surface area contributed by atoms with E-state index < -0.39 is 0 Å².